The molecule has 0 radical (unpaired) electrons. The molecule has 2 heterocycles. The number of nitrogens with one attached hydrogen (secondary N) is 1. The van der Waals surface area contributed by atoms with Crippen molar-refractivity contribution in [3.8, 4) is 0 Å². The lowest BCUT2D eigenvalue weighted by atomic mass is 10.2. The maximum atomic E-state index is 13.5. The van der Waals surface area contributed by atoms with Crippen LogP contribution in [-0.2, 0) is 23.3 Å². The zero-order valence-corrected chi connectivity index (χ0v) is 17.3. The largest absolute Gasteiger partial charge is 0.416 e. The van der Waals surface area contributed by atoms with Gasteiger partial charge in [0.15, 0.2) is 10.8 Å². The number of imidazole rings is 1. The smallest absolute Gasteiger partial charge is 0.325 e. The predicted octanol–water partition coefficient (Wildman–Crippen LogP) is 5.52. The van der Waals surface area contributed by atoms with E-state index in [1.807, 2.05) is 0 Å². The van der Waals surface area contributed by atoms with Gasteiger partial charge in [-0.1, -0.05) is 30.0 Å². The van der Waals surface area contributed by atoms with Crippen LogP contribution in [-0.4, -0.2) is 20.4 Å². The summed E-state index contributed by atoms with van der Waals surface area (Å²) in [6.45, 7) is -0.199. The Balaban J connectivity index is 1.55. The molecule has 0 atom stereocenters. The Morgan fingerprint density at radius 2 is 1.88 bits per heavy atom. The van der Waals surface area contributed by atoms with Crippen molar-refractivity contribution in [1.29, 1.82) is 0 Å². The topological polar surface area (TPSA) is 59.8 Å². The molecule has 0 bridgehead atoms. The van der Waals surface area contributed by atoms with Crippen LogP contribution in [0.5, 0.6) is 0 Å². The van der Waals surface area contributed by atoms with Crippen molar-refractivity contribution in [1.82, 2.24) is 14.5 Å². The second-order valence-corrected chi connectivity index (χ2v) is 7.81. The van der Waals surface area contributed by atoms with Gasteiger partial charge in [0.25, 0.3) is 0 Å². The normalized spacial score (nSPS) is 11.6. The average Bonchev–Trinajstić information content (AvgIpc) is 3.09. The lowest BCUT2D eigenvalue weighted by Crippen LogP contribution is -2.20. The van der Waals surface area contributed by atoms with Crippen LogP contribution in [0.3, 0.4) is 0 Å². The number of carbonyl (C=O) groups is 1. The second-order valence-electron chi connectivity index (χ2n) is 6.87. The molecule has 10 heteroatoms. The summed E-state index contributed by atoms with van der Waals surface area (Å²) in [7, 11) is 0. The first kappa shape index (κ1) is 21.8. The van der Waals surface area contributed by atoms with Crippen molar-refractivity contribution in [2.45, 2.75) is 23.6 Å². The molecule has 5 nitrogen and oxygen atoms in total. The number of aromatic nitrogens is 3. The van der Waals surface area contributed by atoms with Crippen molar-refractivity contribution in [3.63, 3.8) is 0 Å². The number of thioether (sulfide) groups is 1. The van der Waals surface area contributed by atoms with Gasteiger partial charge in [-0.3, -0.25) is 9.36 Å². The first-order valence-corrected chi connectivity index (χ1v) is 10.4. The molecule has 0 unspecified atom stereocenters. The fraction of sp³-hybridized carbons (Fsp3) is 0.136. The highest BCUT2D eigenvalue weighted by Gasteiger charge is 2.30. The van der Waals surface area contributed by atoms with Gasteiger partial charge in [0.1, 0.15) is 17.9 Å². The minimum atomic E-state index is -4.51. The summed E-state index contributed by atoms with van der Waals surface area (Å²) in [5.41, 5.74) is 0.970. The molecule has 0 aliphatic heterocycles. The highest BCUT2D eigenvalue weighted by atomic mass is 32.2. The lowest BCUT2D eigenvalue weighted by Gasteiger charge is -2.11. The van der Waals surface area contributed by atoms with Crippen LogP contribution in [0.15, 0.2) is 72.0 Å². The van der Waals surface area contributed by atoms with Crippen molar-refractivity contribution < 1.29 is 22.4 Å². The molecule has 0 saturated carbocycles. The van der Waals surface area contributed by atoms with E-state index in [1.54, 1.807) is 35.0 Å². The molecule has 0 spiro atoms. The Hall–Kier alpha value is -3.40. The molecule has 0 fully saturated rings. The van der Waals surface area contributed by atoms with E-state index in [1.165, 1.54) is 36.0 Å². The summed E-state index contributed by atoms with van der Waals surface area (Å²) < 4.78 is 53.8. The van der Waals surface area contributed by atoms with E-state index < -0.39 is 17.6 Å². The van der Waals surface area contributed by atoms with Crippen molar-refractivity contribution in [3.05, 3.63) is 83.8 Å². The Kier molecular flexibility index (Phi) is 6.13. The van der Waals surface area contributed by atoms with Gasteiger partial charge in [-0.15, -0.1) is 0 Å². The van der Waals surface area contributed by atoms with Crippen molar-refractivity contribution in [2.75, 3.05) is 5.32 Å². The number of carbonyl (C=O) groups excluding carboxylic acids is 1. The number of fused-ring (bicyclic) bond motifs is 1. The standard InChI is InChI=1S/C22H16F4N4OS/c23-16-6-1-4-14(10-16)13-32-21-29-18-8-3-9-27-20(18)30(21)12-19(31)28-17-7-2-5-15(11-17)22(24,25)26/h1-11H,12-13H2,(H,28,31). The summed E-state index contributed by atoms with van der Waals surface area (Å²) in [6, 6.07) is 14.0. The SMILES string of the molecule is O=C(Cn1c(SCc2cccc(F)c2)nc2cccnc21)Nc1cccc(C(F)(F)F)c1. The second kappa shape index (κ2) is 8.99. The third-order valence-corrected chi connectivity index (χ3v) is 5.55. The fourth-order valence-electron chi connectivity index (χ4n) is 3.08. The molecule has 1 amide bonds. The molecule has 164 valence electrons. The van der Waals surface area contributed by atoms with Crippen LogP contribution in [0, 0.1) is 5.82 Å². The van der Waals surface area contributed by atoms with E-state index in [0.29, 0.717) is 22.1 Å². The van der Waals surface area contributed by atoms with Gasteiger partial charge in [-0.25, -0.2) is 14.4 Å². The van der Waals surface area contributed by atoms with Gasteiger partial charge in [0.2, 0.25) is 5.91 Å². The van der Waals surface area contributed by atoms with Crippen LogP contribution in [0.2, 0.25) is 0 Å². The maximum Gasteiger partial charge on any atom is 0.416 e. The Morgan fingerprint density at radius 1 is 1.06 bits per heavy atom. The van der Waals surface area contributed by atoms with E-state index in [2.05, 4.69) is 15.3 Å². The molecule has 4 rings (SSSR count). The maximum absolute atomic E-state index is 13.5. The Labute approximate surface area is 184 Å². The van der Waals surface area contributed by atoms with Gasteiger partial charge in [-0.2, -0.15) is 13.2 Å². The summed E-state index contributed by atoms with van der Waals surface area (Å²) >= 11 is 1.31. The third kappa shape index (κ3) is 5.08. The molecule has 0 saturated heterocycles. The number of pyridine rings is 1. The molecule has 2 aromatic heterocycles. The zero-order chi connectivity index (χ0) is 22.7. The minimum absolute atomic E-state index is 0.0381. The quantitative estimate of drug-likeness (QED) is 0.304. The van der Waals surface area contributed by atoms with E-state index in [4.69, 9.17) is 0 Å². The van der Waals surface area contributed by atoms with E-state index in [9.17, 15) is 22.4 Å². The van der Waals surface area contributed by atoms with Crippen LogP contribution in [0.1, 0.15) is 11.1 Å². The van der Waals surface area contributed by atoms with Crippen molar-refractivity contribution in [2.24, 2.45) is 0 Å². The molecule has 4 aromatic rings. The highest BCUT2D eigenvalue weighted by Crippen LogP contribution is 2.31. The monoisotopic (exact) mass is 460 g/mol. The number of nitrogens with zero attached hydrogens (tertiary/aromatic N) is 3. The molecular weight excluding hydrogens is 444 g/mol. The van der Waals surface area contributed by atoms with E-state index in [0.717, 1.165) is 17.7 Å². The van der Waals surface area contributed by atoms with Gasteiger partial charge in [0.05, 0.1) is 5.56 Å². The molecule has 2 aromatic carbocycles. The van der Waals surface area contributed by atoms with Crippen LogP contribution in [0.25, 0.3) is 11.2 Å². The first-order chi connectivity index (χ1) is 15.3. The number of hydrogen-bond donors (Lipinski definition) is 1. The molecule has 32 heavy (non-hydrogen) atoms. The van der Waals surface area contributed by atoms with Gasteiger partial charge in [0, 0.05) is 17.6 Å². The van der Waals surface area contributed by atoms with Crippen LogP contribution >= 0.6 is 11.8 Å². The first-order valence-electron chi connectivity index (χ1n) is 9.45. The zero-order valence-electron chi connectivity index (χ0n) is 16.4. The number of halogens is 4. The van der Waals surface area contributed by atoms with Gasteiger partial charge < -0.3 is 5.32 Å². The third-order valence-electron chi connectivity index (χ3n) is 4.50. The predicted molar refractivity (Wildman–Crippen MR) is 114 cm³/mol. The summed E-state index contributed by atoms with van der Waals surface area (Å²) in [5, 5.41) is 2.98. The number of amides is 1. The number of alkyl halides is 3. The van der Waals surface area contributed by atoms with Gasteiger partial charge in [-0.05, 0) is 48.0 Å². The summed E-state index contributed by atoms with van der Waals surface area (Å²) in [5.74, 6) is -0.461. The summed E-state index contributed by atoms with van der Waals surface area (Å²) in [4.78, 5) is 21.4. The lowest BCUT2D eigenvalue weighted by molar-refractivity contribution is -0.137. The minimum Gasteiger partial charge on any atom is -0.325 e. The Bertz CT molecular complexity index is 1270. The molecular formula is C22H16F4N4OS. The van der Waals surface area contributed by atoms with Gasteiger partial charge >= 0.3 is 6.18 Å². The number of rotatable bonds is 6. The molecule has 0 aliphatic carbocycles. The average molecular weight is 460 g/mol. The van der Waals surface area contributed by atoms with E-state index >= 15 is 0 Å². The number of benzene rings is 2. The Morgan fingerprint density at radius 3 is 2.66 bits per heavy atom. The van der Waals surface area contributed by atoms with Crippen LogP contribution < -0.4 is 5.32 Å². The summed E-state index contributed by atoms with van der Waals surface area (Å²) in [6.07, 6.45) is -2.95. The highest BCUT2D eigenvalue weighted by molar-refractivity contribution is 7.98. The molecule has 1 N–H and O–H groups in total. The molecule has 0 aliphatic rings. The fourth-order valence-corrected chi connectivity index (χ4v) is 4.03. The number of anilines is 1. The van der Waals surface area contributed by atoms with E-state index in [-0.39, 0.29) is 18.0 Å². The van der Waals surface area contributed by atoms with Crippen LogP contribution in [0.4, 0.5) is 23.2 Å². The van der Waals surface area contributed by atoms with Crippen molar-refractivity contribution >= 4 is 34.5 Å². The number of hydrogen-bond acceptors (Lipinski definition) is 4.